The summed E-state index contributed by atoms with van der Waals surface area (Å²) in [5, 5.41) is 6.97. The Hall–Kier alpha value is -2.03. The Labute approximate surface area is 157 Å². The van der Waals surface area contributed by atoms with Crippen LogP contribution in [0.1, 0.15) is 33.1 Å². The molecule has 2 fully saturated rings. The number of aromatic amines is 1. The lowest BCUT2D eigenvalue weighted by Crippen LogP contribution is -2.44. The van der Waals surface area contributed by atoms with Crippen molar-refractivity contribution in [2.24, 2.45) is 5.41 Å². The van der Waals surface area contributed by atoms with Crippen LogP contribution in [0.4, 0.5) is 5.95 Å². The van der Waals surface area contributed by atoms with Crippen LogP contribution < -0.4 is 5.73 Å². The molecule has 3 rings (SSSR count). The minimum atomic E-state index is 0.0364. The number of nitrogens with zero attached hydrogens (tertiary/aromatic N) is 4. The summed E-state index contributed by atoms with van der Waals surface area (Å²) in [5.41, 5.74) is 6.74. The van der Waals surface area contributed by atoms with E-state index < -0.39 is 0 Å². The molecule has 0 aliphatic carbocycles. The lowest BCUT2D eigenvalue weighted by Gasteiger charge is -2.38. The van der Waals surface area contributed by atoms with E-state index in [0.29, 0.717) is 37.0 Å². The summed E-state index contributed by atoms with van der Waals surface area (Å²) in [6.45, 7) is 7.01. The summed E-state index contributed by atoms with van der Waals surface area (Å²) in [5.74, 6) is 0.873. The number of H-pyrrole nitrogens is 1. The first-order valence-electron chi connectivity index (χ1n) is 8.86. The smallest absolute Gasteiger partial charge is 0.233 e. The molecule has 0 atom stereocenters. The topological polar surface area (TPSA) is 108 Å². The highest BCUT2D eigenvalue weighted by molar-refractivity contribution is 7.99. The first-order chi connectivity index (χ1) is 12.4. The SMILES string of the molecule is CC(C)=CCN1CC2(CCN(C(=O)CSc3n[nH]c(N)n3)CC2)CC1=O. The molecule has 0 aromatic carbocycles. The van der Waals surface area contributed by atoms with Crippen LogP contribution in [-0.4, -0.2) is 68.7 Å². The van der Waals surface area contributed by atoms with Gasteiger partial charge >= 0.3 is 0 Å². The maximum atomic E-state index is 12.4. The Morgan fingerprint density at radius 3 is 2.73 bits per heavy atom. The fourth-order valence-electron chi connectivity index (χ4n) is 3.55. The summed E-state index contributed by atoms with van der Waals surface area (Å²) in [6, 6.07) is 0. The van der Waals surface area contributed by atoms with Crippen LogP contribution in [0.3, 0.4) is 0 Å². The van der Waals surface area contributed by atoms with Crippen LogP contribution >= 0.6 is 11.8 Å². The lowest BCUT2D eigenvalue weighted by atomic mass is 9.77. The molecule has 2 saturated heterocycles. The van der Waals surface area contributed by atoms with E-state index in [4.69, 9.17) is 5.73 Å². The maximum absolute atomic E-state index is 12.4. The van der Waals surface area contributed by atoms with E-state index in [9.17, 15) is 9.59 Å². The number of anilines is 1. The summed E-state index contributed by atoms with van der Waals surface area (Å²) in [4.78, 5) is 32.6. The summed E-state index contributed by atoms with van der Waals surface area (Å²) < 4.78 is 0. The third-order valence-electron chi connectivity index (χ3n) is 5.11. The second kappa shape index (κ2) is 7.69. The monoisotopic (exact) mass is 378 g/mol. The van der Waals surface area contributed by atoms with Gasteiger partial charge in [-0.1, -0.05) is 23.4 Å². The number of likely N-dealkylation sites (tertiary alicyclic amines) is 2. The van der Waals surface area contributed by atoms with E-state index in [1.165, 1.54) is 17.3 Å². The molecule has 0 radical (unpaired) electrons. The van der Waals surface area contributed by atoms with E-state index in [1.807, 2.05) is 23.6 Å². The summed E-state index contributed by atoms with van der Waals surface area (Å²) in [7, 11) is 0. The van der Waals surface area contributed by atoms with Gasteiger partial charge < -0.3 is 15.5 Å². The van der Waals surface area contributed by atoms with E-state index in [0.717, 1.165) is 19.4 Å². The zero-order valence-corrected chi connectivity index (χ0v) is 16.1. The normalized spacial score (nSPS) is 19.2. The van der Waals surface area contributed by atoms with Crippen molar-refractivity contribution in [2.45, 2.75) is 38.3 Å². The van der Waals surface area contributed by atoms with Crippen molar-refractivity contribution in [2.75, 3.05) is 37.7 Å². The number of rotatable bonds is 5. The molecular formula is C17H26N6O2S. The molecule has 2 amide bonds. The van der Waals surface area contributed by atoms with Gasteiger partial charge in [0.2, 0.25) is 22.9 Å². The average molecular weight is 379 g/mol. The molecule has 26 heavy (non-hydrogen) atoms. The Kier molecular flexibility index (Phi) is 5.55. The van der Waals surface area contributed by atoms with Crippen LogP contribution in [0.25, 0.3) is 0 Å². The molecule has 1 aromatic heterocycles. The van der Waals surface area contributed by atoms with Crippen molar-refractivity contribution < 1.29 is 9.59 Å². The van der Waals surface area contributed by atoms with Crippen molar-refractivity contribution >= 4 is 29.5 Å². The van der Waals surface area contributed by atoms with Gasteiger partial charge in [0.15, 0.2) is 0 Å². The van der Waals surface area contributed by atoms with Crippen molar-refractivity contribution in [3.63, 3.8) is 0 Å². The van der Waals surface area contributed by atoms with Crippen molar-refractivity contribution in [3.8, 4) is 0 Å². The summed E-state index contributed by atoms with van der Waals surface area (Å²) >= 11 is 1.28. The van der Waals surface area contributed by atoms with Crippen LogP contribution in [-0.2, 0) is 9.59 Å². The van der Waals surface area contributed by atoms with Crippen molar-refractivity contribution in [1.82, 2.24) is 25.0 Å². The average Bonchev–Trinajstić information content (AvgIpc) is 3.15. The van der Waals surface area contributed by atoms with Crippen LogP contribution in [0, 0.1) is 5.41 Å². The van der Waals surface area contributed by atoms with Crippen LogP contribution in [0.5, 0.6) is 0 Å². The molecule has 3 N–H and O–H groups in total. The van der Waals surface area contributed by atoms with Gasteiger partial charge in [-0.15, -0.1) is 5.10 Å². The van der Waals surface area contributed by atoms with E-state index in [-0.39, 0.29) is 23.2 Å². The molecule has 9 heteroatoms. The quantitative estimate of drug-likeness (QED) is 0.590. The number of carbonyl (C=O) groups excluding carboxylic acids is 2. The third kappa shape index (κ3) is 4.38. The highest BCUT2D eigenvalue weighted by Gasteiger charge is 2.45. The molecule has 2 aliphatic rings. The lowest BCUT2D eigenvalue weighted by molar-refractivity contribution is -0.130. The largest absolute Gasteiger partial charge is 0.368 e. The number of allylic oxidation sites excluding steroid dienone is 1. The van der Waals surface area contributed by atoms with Gasteiger partial charge in [-0.2, -0.15) is 4.98 Å². The minimum Gasteiger partial charge on any atom is -0.368 e. The second-order valence-electron chi connectivity index (χ2n) is 7.41. The molecule has 1 spiro atoms. The molecule has 0 saturated carbocycles. The van der Waals surface area contributed by atoms with Crippen LogP contribution in [0.15, 0.2) is 16.8 Å². The zero-order valence-electron chi connectivity index (χ0n) is 15.3. The fourth-order valence-corrected chi connectivity index (χ4v) is 4.25. The standard InChI is InChI=1S/C17H26N6O2S/c1-12(2)3-6-23-11-17(9-13(23)24)4-7-22(8-5-17)14(25)10-26-16-19-15(18)20-21-16/h3H,4-11H2,1-2H3,(H3,18,19,20,21). The number of nitrogens with one attached hydrogen (secondary N) is 1. The van der Waals surface area contributed by atoms with Gasteiger partial charge in [0.1, 0.15) is 0 Å². The molecule has 142 valence electrons. The van der Waals surface area contributed by atoms with Gasteiger partial charge in [-0.25, -0.2) is 5.10 Å². The number of hydrogen-bond acceptors (Lipinski definition) is 6. The highest BCUT2D eigenvalue weighted by atomic mass is 32.2. The third-order valence-corrected chi connectivity index (χ3v) is 5.94. The van der Waals surface area contributed by atoms with Gasteiger partial charge in [0.25, 0.3) is 0 Å². The van der Waals surface area contributed by atoms with Gasteiger partial charge in [0.05, 0.1) is 5.75 Å². The molecule has 0 unspecified atom stereocenters. The molecule has 3 heterocycles. The van der Waals surface area contributed by atoms with Crippen LogP contribution in [0.2, 0.25) is 0 Å². The Balaban J connectivity index is 1.48. The molecule has 1 aromatic rings. The number of carbonyl (C=O) groups is 2. The van der Waals surface area contributed by atoms with E-state index >= 15 is 0 Å². The fraction of sp³-hybridized carbons (Fsp3) is 0.647. The second-order valence-corrected chi connectivity index (χ2v) is 8.35. The predicted octanol–water partition coefficient (Wildman–Crippen LogP) is 1.29. The number of hydrogen-bond donors (Lipinski definition) is 2. The number of piperidine rings is 1. The summed E-state index contributed by atoms with van der Waals surface area (Å²) in [6.07, 6.45) is 4.47. The Morgan fingerprint density at radius 1 is 1.38 bits per heavy atom. The molecular weight excluding hydrogens is 352 g/mol. The van der Waals surface area contributed by atoms with Gasteiger partial charge in [-0.05, 0) is 26.7 Å². The predicted molar refractivity (Wildman–Crippen MR) is 100 cm³/mol. The van der Waals surface area contributed by atoms with Gasteiger partial charge in [-0.3, -0.25) is 9.59 Å². The number of nitrogen functional groups attached to an aromatic ring is 1. The maximum Gasteiger partial charge on any atom is 0.233 e. The highest BCUT2D eigenvalue weighted by Crippen LogP contribution is 2.41. The number of aromatic nitrogens is 3. The first kappa shape index (κ1) is 18.8. The van der Waals surface area contributed by atoms with E-state index in [1.54, 1.807) is 0 Å². The molecule has 8 nitrogen and oxygen atoms in total. The number of thioether (sulfide) groups is 1. The van der Waals surface area contributed by atoms with Crippen molar-refractivity contribution in [3.05, 3.63) is 11.6 Å². The minimum absolute atomic E-state index is 0.0364. The number of amides is 2. The Morgan fingerprint density at radius 2 is 2.12 bits per heavy atom. The molecule has 0 bridgehead atoms. The molecule has 2 aliphatic heterocycles. The van der Waals surface area contributed by atoms with Gasteiger partial charge in [0, 0.05) is 38.0 Å². The zero-order chi connectivity index (χ0) is 18.7. The van der Waals surface area contributed by atoms with E-state index in [2.05, 4.69) is 21.3 Å². The number of nitrogens with two attached hydrogens (primary N) is 1. The Bertz CT molecular complexity index is 704. The van der Waals surface area contributed by atoms with Crippen molar-refractivity contribution in [1.29, 1.82) is 0 Å². The first-order valence-corrected chi connectivity index (χ1v) is 9.85.